The number of benzene rings is 1. The third-order valence-electron chi connectivity index (χ3n) is 7.19. The second-order valence-electron chi connectivity index (χ2n) is 11.3. The first-order chi connectivity index (χ1) is 17.9. The number of urea groups is 1. The molecule has 1 saturated heterocycles. The SMILES string of the molecule is CCS(=O)(=O)c1ccc(CNC(=O)N2CC(c3ccccc3)C(c3cn(C(C)C)nc3C(C)(C)C)C2)nc1. The number of pyridine rings is 1. The Hall–Kier alpha value is -3.20. The molecule has 9 heteroatoms. The normalized spacial score (nSPS) is 18.2. The van der Waals surface area contributed by atoms with Crippen LogP contribution in [0.15, 0.2) is 59.8 Å². The quantitative estimate of drug-likeness (QED) is 0.455. The Morgan fingerprint density at radius 2 is 1.76 bits per heavy atom. The second-order valence-corrected chi connectivity index (χ2v) is 13.6. The van der Waals surface area contributed by atoms with Crippen molar-refractivity contribution in [2.24, 2.45) is 0 Å². The molecule has 1 aliphatic heterocycles. The molecule has 2 aromatic heterocycles. The van der Waals surface area contributed by atoms with E-state index in [2.05, 4.69) is 63.2 Å². The fourth-order valence-electron chi connectivity index (χ4n) is 4.99. The van der Waals surface area contributed by atoms with Crippen LogP contribution in [-0.4, -0.2) is 53.0 Å². The number of nitrogens with zero attached hydrogens (tertiary/aromatic N) is 4. The fourth-order valence-corrected chi connectivity index (χ4v) is 5.81. The molecule has 3 aromatic rings. The van der Waals surface area contributed by atoms with E-state index in [0.29, 0.717) is 18.8 Å². The molecular weight excluding hydrogens is 498 g/mol. The summed E-state index contributed by atoms with van der Waals surface area (Å²) in [6, 6.07) is 13.7. The summed E-state index contributed by atoms with van der Waals surface area (Å²) in [5, 5.41) is 7.96. The van der Waals surface area contributed by atoms with Crippen LogP contribution >= 0.6 is 0 Å². The van der Waals surface area contributed by atoms with Gasteiger partial charge in [0.05, 0.1) is 28.6 Å². The largest absolute Gasteiger partial charge is 0.332 e. The molecule has 1 aliphatic rings. The van der Waals surface area contributed by atoms with Crippen LogP contribution in [0.2, 0.25) is 0 Å². The van der Waals surface area contributed by atoms with E-state index in [1.807, 2.05) is 27.8 Å². The number of likely N-dealkylation sites (tertiary alicyclic amines) is 1. The van der Waals surface area contributed by atoms with Gasteiger partial charge in [0.25, 0.3) is 0 Å². The van der Waals surface area contributed by atoms with E-state index < -0.39 is 9.84 Å². The zero-order valence-corrected chi connectivity index (χ0v) is 24.0. The summed E-state index contributed by atoms with van der Waals surface area (Å²) < 4.78 is 26.1. The van der Waals surface area contributed by atoms with Crippen molar-refractivity contribution in [2.75, 3.05) is 18.8 Å². The van der Waals surface area contributed by atoms with Crippen molar-refractivity contribution in [2.45, 2.75) is 76.3 Å². The van der Waals surface area contributed by atoms with Gasteiger partial charge in [0, 0.05) is 48.8 Å². The fraction of sp³-hybridized carbons (Fsp3) is 0.483. The molecule has 2 unspecified atom stereocenters. The highest BCUT2D eigenvalue weighted by Crippen LogP contribution is 2.43. The van der Waals surface area contributed by atoms with E-state index in [1.54, 1.807) is 19.1 Å². The number of carbonyl (C=O) groups excluding carboxylic acids is 1. The molecule has 4 rings (SSSR count). The molecule has 8 nitrogen and oxygen atoms in total. The smallest absolute Gasteiger partial charge is 0.317 e. The monoisotopic (exact) mass is 537 g/mol. The average Bonchev–Trinajstić information content (AvgIpc) is 3.53. The van der Waals surface area contributed by atoms with E-state index in [1.165, 1.54) is 17.3 Å². The van der Waals surface area contributed by atoms with Crippen LogP contribution in [0.25, 0.3) is 0 Å². The number of carbonyl (C=O) groups is 1. The van der Waals surface area contributed by atoms with Crippen LogP contribution in [-0.2, 0) is 21.8 Å². The van der Waals surface area contributed by atoms with Crippen LogP contribution in [0, 0.1) is 0 Å². The van der Waals surface area contributed by atoms with Crippen molar-refractivity contribution in [3.8, 4) is 0 Å². The number of hydrogen-bond donors (Lipinski definition) is 1. The summed E-state index contributed by atoms with van der Waals surface area (Å²) in [6.45, 7) is 13.8. The Kier molecular flexibility index (Phi) is 7.97. The van der Waals surface area contributed by atoms with Crippen molar-refractivity contribution >= 4 is 15.9 Å². The third-order valence-corrected chi connectivity index (χ3v) is 8.91. The maximum Gasteiger partial charge on any atom is 0.317 e. The summed E-state index contributed by atoms with van der Waals surface area (Å²) in [5.74, 6) is 0.280. The van der Waals surface area contributed by atoms with E-state index in [9.17, 15) is 13.2 Å². The number of nitrogens with one attached hydrogen (secondary N) is 1. The van der Waals surface area contributed by atoms with Gasteiger partial charge in [-0.25, -0.2) is 13.2 Å². The lowest BCUT2D eigenvalue weighted by molar-refractivity contribution is 0.207. The first kappa shape index (κ1) is 27.8. The molecular formula is C29H39N5O3S. The minimum Gasteiger partial charge on any atom is -0.332 e. The predicted octanol–water partition coefficient (Wildman–Crippen LogP) is 5.04. The van der Waals surface area contributed by atoms with E-state index in [0.717, 1.165) is 5.69 Å². The summed E-state index contributed by atoms with van der Waals surface area (Å²) in [7, 11) is -3.31. The van der Waals surface area contributed by atoms with Crippen LogP contribution in [0.4, 0.5) is 4.79 Å². The summed E-state index contributed by atoms with van der Waals surface area (Å²) >= 11 is 0. The lowest BCUT2D eigenvalue weighted by Crippen LogP contribution is -2.38. The van der Waals surface area contributed by atoms with Gasteiger partial charge in [-0.2, -0.15) is 5.10 Å². The molecule has 0 radical (unpaired) electrons. The highest BCUT2D eigenvalue weighted by molar-refractivity contribution is 7.91. The minimum absolute atomic E-state index is 0.0243. The lowest BCUT2D eigenvalue weighted by Gasteiger charge is -2.23. The molecule has 0 bridgehead atoms. The first-order valence-corrected chi connectivity index (χ1v) is 14.9. The van der Waals surface area contributed by atoms with Crippen molar-refractivity contribution in [1.29, 1.82) is 0 Å². The summed E-state index contributed by atoms with van der Waals surface area (Å²) in [5.41, 5.74) is 3.96. The van der Waals surface area contributed by atoms with Gasteiger partial charge < -0.3 is 10.2 Å². The molecule has 2 atom stereocenters. The van der Waals surface area contributed by atoms with E-state index in [4.69, 9.17) is 5.10 Å². The lowest BCUT2D eigenvalue weighted by atomic mass is 9.79. The third kappa shape index (κ3) is 5.93. The molecule has 3 heterocycles. The van der Waals surface area contributed by atoms with Crippen LogP contribution in [0.3, 0.4) is 0 Å². The van der Waals surface area contributed by atoms with Gasteiger partial charge in [-0.15, -0.1) is 0 Å². The Labute approximate surface area is 226 Å². The molecule has 2 amide bonds. The van der Waals surface area contributed by atoms with Gasteiger partial charge in [-0.05, 0) is 37.1 Å². The second kappa shape index (κ2) is 10.9. The molecule has 1 aromatic carbocycles. The standard InChI is InChI=1S/C29H39N5O3S/c1-7-38(36,37)23-14-13-22(30-16-23)15-31-28(35)33-17-24(21-11-9-8-10-12-21)25(18-33)26-19-34(20(2)3)32-27(26)29(4,5)6/h8-14,16,19-20,24-25H,7,15,17-18H2,1-6H3,(H,31,35). The van der Waals surface area contributed by atoms with Gasteiger partial charge in [-0.3, -0.25) is 9.67 Å². The zero-order valence-electron chi connectivity index (χ0n) is 23.2. The zero-order chi connectivity index (χ0) is 27.7. The van der Waals surface area contributed by atoms with Crippen molar-refractivity contribution in [3.05, 3.63) is 77.4 Å². The Balaban J connectivity index is 1.56. The number of rotatable bonds is 7. The van der Waals surface area contributed by atoms with Crippen LogP contribution < -0.4 is 5.32 Å². The predicted molar refractivity (Wildman–Crippen MR) is 149 cm³/mol. The summed E-state index contributed by atoms with van der Waals surface area (Å²) in [6.07, 6.45) is 3.53. The number of amides is 2. The molecule has 0 spiro atoms. The van der Waals surface area contributed by atoms with Gasteiger partial charge in [0.15, 0.2) is 9.84 Å². The van der Waals surface area contributed by atoms with Crippen molar-refractivity contribution < 1.29 is 13.2 Å². The van der Waals surface area contributed by atoms with E-state index in [-0.39, 0.29) is 46.5 Å². The topological polar surface area (TPSA) is 97.2 Å². The Morgan fingerprint density at radius 1 is 1.08 bits per heavy atom. The van der Waals surface area contributed by atoms with Gasteiger partial charge in [0.1, 0.15) is 0 Å². The van der Waals surface area contributed by atoms with Gasteiger partial charge in [-0.1, -0.05) is 58.0 Å². The highest BCUT2D eigenvalue weighted by Gasteiger charge is 2.40. The van der Waals surface area contributed by atoms with Crippen molar-refractivity contribution in [3.63, 3.8) is 0 Å². The van der Waals surface area contributed by atoms with Crippen LogP contribution in [0.5, 0.6) is 0 Å². The van der Waals surface area contributed by atoms with Gasteiger partial charge in [0.2, 0.25) is 0 Å². The van der Waals surface area contributed by atoms with Crippen LogP contribution in [0.1, 0.15) is 81.9 Å². The maximum absolute atomic E-state index is 13.3. The minimum atomic E-state index is -3.31. The average molecular weight is 538 g/mol. The van der Waals surface area contributed by atoms with E-state index >= 15 is 0 Å². The number of aromatic nitrogens is 3. The molecule has 0 aliphatic carbocycles. The molecule has 0 saturated carbocycles. The molecule has 204 valence electrons. The summed E-state index contributed by atoms with van der Waals surface area (Å²) in [4.78, 5) is 19.6. The number of sulfone groups is 1. The van der Waals surface area contributed by atoms with Gasteiger partial charge >= 0.3 is 6.03 Å². The number of hydrogen-bond acceptors (Lipinski definition) is 5. The van der Waals surface area contributed by atoms with Crippen molar-refractivity contribution in [1.82, 2.24) is 25.0 Å². The highest BCUT2D eigenvalue weighted by atomic mass is 32.2. The Bertz CT molecular complexity index is 1360. The molecule has 1 N–H and O–H groups in total. The maximum atomic E-state index is 13.3. The Morgan fingerprint density at radius 3 is 2.34 bits per heavy atom. The molecule has 38 heavy (non-hydrogen) atoms. The molecule has 1 fully saturated rings. The first-order valence-electron chi connectivity index (χ1n) is 13.3.